The van der Waals surface area contributed by atoms with Gasteiger partial charge in [-0.05, 0) is 13.0 Å². The first-order valence-electron chi connectivity index (χ1n) is 7.43. The van der Waals surface area contributed by atoms with Gasteiger partial charge in [-0.1, -0.05) is 6.08 Å². The van der Waals surface area contributed by atoms with E-state index in [0.29, 0.717) is 12.5 Å². The van der Waals surface area contributed by atoms with Crippen molar-refractivity contribution in [1.29, 1.82) is 0 Å². The lowest BCUT2D eigenvalue weighted by Crippen LogP contribution is -2.40. The van der Waals surface area contributed by atoms with Gasteiger partial charge in [0.2, 0.25) is 0 Å². The number of hydrogen-bond acceptors (Lipinski definition) is 6. The minimum absolute atomic E-state index is 0.169. The Morgan fingerprint density at radius 1 is 1.28 bits per heavy atom. The summed E-state index contributed by atoms with van der Waals surface area (Å²) in [6, 6.07) is 1.59. The Morgan fingerprint density at radius 3 is 2.44 bits per heavy atom. The van der Waals surface area contributed by atoms with Crippen molar-refractivity contribution in [3.05, 3.63) is 60.7 Å². The van der Waals surface area contributed by atoms with Gasteiger partial charge in [-0.2, -0.15) is 0 Å². The maximum atomic E-state index is 14.2. The van der Waals surface area contributed by atoms with Crippen molar-refractivity contribution in [3.63, 3.8) is 0 Å². The van der Waals surface area contributed by atoms with Crippen LogP contribution in [-0.2, 0) is 9.31 Å². The summed E-state index contributed by atoms with van der Waals surface area (Å²) >= 11 is 0. The predicted octanol–water partition coefficient (Wildman–Crippen LogP) is 2.70. The fraction of sp³-hybridized carbons (Fsp3) is 0.250. The molecule has 0 spiro atoms. The largest absolute Gasteiger partial charge is 0.640 e. The third-order valence-corrected chi connectivity index (χ3v) is 3.19. The summed E-state index contributed by atoms with van der Waals surface area (Å²) in [6.07, 6.45) is 3.84. The van der Waals surface area contributed by atoms with Crippen LogP contribution in [-0.4, -0.2) is 35.4 Å². The second kappa shape index (κ2) is 7.82. The van der Waals surface area contributed by atoms with E-state index >= 15 is 0 Å². The van der Waals surface area contributed by atoms with E-state index in [0.717, 1.165) is 18.5 Å². The molecule has 0 bridgehead atoms. The zero-order chi connectivity index (χ0) is 18.6. The minimum Gasteiger partial charge on any atom is -0.494 e. The SMILES string of the molecule is C=CCC(C)Oc1c(F)cc(F)cc1B1O/C(O)=C\N(C)/C=C(/O)O1. The summed E-state index contributed by atoms with van der Waals surface area (Å²) in [5.41, 5.74) is -0.169. The van der Waals surface area contributed by atoms with Crippen LogP contribution in [0.25, 0.3) is 0 Å². The van der Waals surface area contributed by atoms with Crippen LogP contribution in [0.4, 0.5) is 8.78 Å². The second-order valence-electron chi connectivity index (χ2n) is 5.43. The summed E-state index contributed by atoms with van der Waals surface area (Å²) in [6.45, 7) is 5.25. The van der Waals surface area contributed by atoms with Crippen LogP contribution in [0.2, 0.25) is 0 Å². The standard InChI is InChI=1S/C16H18BF2NO5/c1-4-5-10(2)23-16-12(6-11(18)7-13(16)19)17-24-14(21)8-20(3)9-15(22)25-17/h4,6-10,21-22H,1,5H2,2-3H3/b14-8-,15-9-. The Labute approximate surface area is 144 Å². The monoisotopic (exact) mass is 353 g/mol. The first-order valence-corrected chi connectivity index (χ1v) is 7.43. The van der Waals surface area contributed by atoms with E-state index in [1.54, 1.807) is 13.0 Å². The molecule has 134 valence electrons. The number of rotatable bonds is 5. The Morgan fingerprint density at radius 2 is 1.88 bits per heavy atom. The van der Waals surface area contributed by atoms with E-state index in [2.05, 4.69) is 6.58 Å². The highest BCUT2D eigenvalue weighted by atomic mass is 19.1. The molecule has 0 saturated carbocycles. The van der Waals surface area contributed by atoms with Crippen molar-refractivity contribution in [1.82, 2.24) is 4.90 Å². The van der Waals surface area contributed by atoms with E-state index in [-0.39, 0.29) is 11.2 Å². The molecule has 0 saturated heterocycles. The molecule has 1 heterocycles. The highest BCUT2D eigenvalue weighted by Gasteiger charge is 2.35. The maximum absolute atomic E-state index is 14.2. The number of aliphatic hydroxyl groups is 2. The normalized spacial score (nSPS) is 20.0. The van der Waals surface area contributed by atoms with Crippen LogP contribution in [0, 0.1) is 11.6 Å². The Balaban J connectivity index is 2.44. The number of hydrogen-bond donors (Lipinski definition) is 2. The molecular formula is C16H18BF2NO5. The average molecular weight is 353 g/mol. The van der Waals surface area contributed by atoms with Crippen molar-refractivity contribution in [2.75, 3.05) is 7.05 Å². The Kier molecular flexibility index (Phi) is 5.79. The average Bonchev–Trinajstić information content (AvgIpc) is 2.47. The number of benzene rings is 1. The van der Waals surface area contributed by atoms with E-state index in [1.807, 2.05) is 0 Å². The van der Waals surface area contributed by atoms with Crippen molar-refractivity contribution < 1.29 is 33.0 Å². The van der Waals surface area contributed by atoms with Gasteiger partial charge in [0.1, 0.15) is 5.82 Å². The third kappa shape index (κ3) is 4.82. The van der Waals surface area contributed by atoms with E-state index in [1.165, 1.54) is 11.9 Å². The number of ether oxygens (including phenoxy) is 1. The molecule has 2 N–H and O–H groups in total. The first-order chi connectivity index (χ1) is 11.8. The van der Waals surface area contributed by atoms with Crippen molar-refractivity contribution >= 4 is 12.6 Å². The van der Waals surface area contributed by atoms with Crippen LogP contribution in [0.15, 0.2) is 49.1 Å². The quantitative estimate of drug-likeness (QED) is 0.627. The van der Waals surface area contributed by atoms with Gasteiger partial charge in [0, 0.05) is 19.5 Å². The van der Waals surface area contributed by atoms with E-state index in [4.69, 9.17) is 14.0 Å². The summed E-state index contributed by atoms with van der Waals surface area (Å²) < 4.78 is 43.7. The second-order valence-corrected chi connectivity index (χ2v) is 5.43. The lowest BCUT2D eigenvalue weighted by Gasteiger charge is -2.23. The van der Waals surface area contributed by atoms with Gasteiger partial charge in [-0.25, -0.2) is 8.78 Å². The van der Waals surface area contributed by atoms with E-state index < -0.39 is 36.7 Å². The highest BCUT2D eigenvalue weighted by molar-refractivity contribution is 6.62. The van der Waals surface area contributed by atoms with Gasteiger partial charge in [0.25, 0.3) is 11.9 Å². The molecule has 0 aromatic heterocycles. The van der Waals surface area contributed by atoms with Gasteiger partial charge in [0.15, 0.2) is 11.6 Å². The summed E-state index contributed by atoms with van der Waals surface area (Å²) in [5, 5.41) is 19.5. The maximum Gasteiger partial charge on any atom is 0.640 e. The molecule has 1 aliphatic rings. The smallest absolute Gasteiger partial charge is 0.494 e. The Hall–Kier alpha value is -2.84. The van der Waals surface area contributed by atoms with Crippen LogP contribution in [0.5, 0.6) is 5.75 Å². The zero-order valence-corrected chi connectivity index (χ0v) is 13.8. The molecule has 9 heteroatoms. The summed E-state index contributed by atoms with van der Waals surface area (Å²) in [5.74, 6) is -3.33. The van der Waals surface area contributed by atoms with Gasteiger partial charge in [-0.3, -0.25) is 0 Å². The third-order valence-electron chi connectivity index (χ3n) is 3.19. The molecule has 2 rings (SSSR count). The van der Waals surface area contributed by atoms with E-state index in [9.17, 15) is 19.0 Å². The summed E-state index contributed by atoms with van der Waals surface area (Å²) in [4.78, 5) is 1.27. The molecule has 6 nitrogen and oxygen atoms in total. The molecule has 0 aliphatic carbocycles. The van der Waals surface area contributed by atoms with Gasteiger partial charge in [-0.15, -0.1) is 6.58 Å². The molecule has 1 atom stereocenters. The molecule has 1 aromatic carbocycles. The molecule has 0 radical (unpaired) electrons. The van der Waals surface area contributed by atoms with Gasteiger partial charge >= 0.3 is 7.12 Å². The van der Waals surface area contributed by atoms with Crippen molar-refractivity contribution in [2.24, 2.45) is 0 Å². The number of nitrogens with zero attached hydrogens (tertiary/aromatic N) is 1. The van der Waals surface area contributed by atoms with Crippen molar-refractivity contribution in [2.45, 2.75) is 19.4 Å². The van der Waals surface area contributed by atoms with Gasteiger partial charge in [0.05, 0.1) is 24.0 Å². The van der Waals surface area contributed by atoms with Crippen LogP contribution in [0.3, 0.4) is 0 Å². The molecule has 1 unspecified atom stereocenters. The summed E-state index contributed by atoms with van der Waals surface area (Å²) in [7, 11) is -0.0235. The lowest BCUT2D eigenvalue weighted by atomic mass is 9.77. The molecule has 1 aliphatic heterocycles. The predicted molar refractivity (Wildman–Crippen MR) is 88.0 cm³/mol. The topological polar surface area (TPSA) is 71.4 Å². The fourth-order valence-electron chi connectivity index (χ4n) is 2.18. The minimum atomic E-state index is -1.53. The van der Waals surface area contributed by atoms with Crippen LogP contribution >= 0.6 is 0 Å². The number of aliphatic hydroxyl groups excluding tert-OH is 2. The van der Waals surface area contributed by atoms with Crippen LogP contribution in [0.1, 0.15) is 13.3 Å². The molecular weight excluding hydrogens is 335 g/mol. The Bertz CT molecular complexity index is 688. The van der Waals surface area contributed by atoms with Crippen molar-refractivity contribution in [3.8, 4) is 5.75 Å². The van der Waals surface area contributed by atoms with Crippen LogP contribution < -0.4 is 10.2 Å². The molecule has 1 aromatic rings. The zero-order valence-electron chi connectivity index (χ0n) is 13.8. The number of halogens is 2. The highest BCUT2D eigenvalue weighted by Crippen LogP contribution is 2.21. The fourth-order valence-corrected chi connectivity index (χ4v) is 2.18. The first kappa shape index (κ1) is 18.5. The molecule has 0 fully saturated rings. The molecule has 25 heavy (non-hydrogen) atoms. The van der Waals surface area contributed by atoms with Gasteiger partial charge < -0.3 is 29.2 Å². The lowest BCUT2D eigenvalue weighted by molar-refractivity contribution is 0.124. The molecule has 0 amide bonds.